The van der Waals surface area contributed by atoms with E-state index in [0.29, 0.717) is 0 Å². The number of hydrogen-bond acceptors (Lipinski definition) is 4. The monoisotopic (exact) mass is 217 g/mol. The summed E-state index contributed by atoms with van der Waals surface area (Å²) in [6.07, 6.45) is 0. The molecule has 0 aliphatic heterocycles. The number of carbonyl (C=O) groups excluding carboxylic acids is 1. The lowest BCUT2D eigenvalue weighted by Gasteiger charge is -2.11. The second-order valence-electron chi connectivity index (χ2n) is 3.69. The molecular weight excluding hydrogens is 198 g/mol. The van der Waals surface area contributed by atoms with Crippen LogP contribution in [0.1, 0.15) is 27.7 Å². The molecule has 0 aliphatic carbocycles. The molecule has 0 heterocycles. The third kappa shape index (κ3) is 5.27. The smallest absolute Gasteiger partial charge is 0.133 e. The zero-order chi connectivity index (χ0) is 11.1. The lowest BCUT2D eigenvalue weighted by molar-refractivity contribution is -0.119. The van der Waals surface area contributed by atoms with Crippen molar-refractivity contribution in [1.29, 1.82) is 0 Å². The molecule has 14 heavy (non-hydrogen) atoms. The Balaban J connectivity index is 3.69. The molecule has 4 heteroatoms. The van der Waals surface area contributed by atoms with Gasteiger partial charge in [0.15, 0.2) is 0 Å². The van der Waals surface area contributed by atoms with Crippen LogP contribution in [0.25, 0.3) is 0 Å². The molecule has 0 aromatic heterocycles. The minimum Gasteiger partial charge on any atom is -0.411 e. The zero-order valence-corrected chi connectivity index (χ0v) is 10.1. The van der Waals surface area contributed by atoms with Gasteiger partial charge < -0.3 is 5.21 Å². The van der Waals surface area contributed by atoms with Crippen molar-refractivity contribution in [1.82, 2.24) is 0 Å². The topological polar surface area (TPSA) is 49.7 Å². The molecule has 1 N–H and O–H groups in total. The van der Waals surface area contributed by atoms with Gasteiger partial charge in [-0.3, -0.25) is 4.79 Å². The van der Waals surface area contributed by atoms with Crippen LogP contribution in [-0.2, 0) is 4.79 Å². The van der Waals surface area contributed by atoms with E-state index in [1.165, 1.54) is 0 Å². The predicted molar refractivity (Wildman–Crippen MR) is 61.2 cm³/mol. The Morgan fingerprint density at radius 3 is 2.21 bits per heavy atom. The van der Waals surface area contributed by atoms with Gasteiger partial charge in [0.25, 0.3) is 0 Å². The second-order valence-corrected chi connectivity index (χ2v) is 4.77. The maximum absolute atomic E-state index is 10.9. The van der Waals surface area contributed by atoms with Crippen molar-refractivity contribution < 1.29 is 10.0 Å². The number of hydrogen-bond donors (Lipinski definition) is 1. The summed E-state index contributed by atoms with van der Waals surface area (Å²) in [5.41, 5.74) is 0.743. The van der Waals surface area contributed by atoms with E-state index in [9.17, 15) is 4.79 Å². The fourth-order valence-corrected chi connectivity index (χ4v) is 2.08. The molecule has 2 atom stereocenters. The number of ketones is 1. The third-order valence-electron chi connectivity index (χ3n) is 2.30. The van der Waals surface area contributed by atoms with Gasteiger partial charge in [-0.15, -0.1) is 0 Å². The first-order valence-corrected chi connectivity index (χ1v) is 5.91. The number of rotatable bonds is 6. The van der Waals surface area contributed by atoms with Crippen molar-refractivity contribution in [2.45, 2.75) is 27.7 Å². The van der Waals surface area contributed by atoms with E-state index in [1.807, 2.05) is 13.8 Å². The van der Waals surface area contributed by atoms with Crippen LogP contribution in [0.3, 0.4) is 0 Å². The van der Waals surface area contributed by atoms with Crippen molar-refractivity contribution in [3.05, 3.63) is 0 Å². The maximum atomic E-state index is 10.9. The van der Waals surface area contributed by atoms with Gasteiger partial charge in [-0.2, -0.15) is 11.8 Å². The average molecular weight is 217 g/mol. The summed E-state index contributed by atoms with van der Waals surface area (Å²) in [6, 6.07) is 0. The van der Waals surface area contributed by atoms with E-state index in [-0.39, 0.29) is 17.6 Å². The molecule has 0 radical (unpaired) electrons. The Morgan fingerprint density at radius 1 is 1.29 bits per heavy atom. The highest BCUT2D eigenvalue weighted by Gasteiger charge is 2.10. The van der Waals surface area contributed by atoms with Crippen molar-refractivity contribution in [3.8, 4) is 0 Å². The van der Waals surface area contributed by atoms with E-state index >= 15 is 0 Å². The lowest BCUT2D eigenvalue weighted by atomic mass is 10.1. The SMILES string of the molecule is CC(=O)C(C)CSCC(C)C(C)=NO. The summed E-state index contributed by atoms with van der Waals surface area (Å²) >= 11 is 1.73. The molecule has 0 rings (SSSR count). The van der Waals surface area contributed by atoms with Gasteiger partial charge in [0.1, 0.15) is 5.78 Å². The highest BCUT2D eigenvalue weighted by atomic mass is 32.2. The van der Waals surface area contributed by atoms with Gasteiger partial charge in [0.05, 0.1) is 5.71 Å². The van der Waals surface area contributed by atoms with Crippen LogP contribution >= 0.6 is 11.8 Å². The van der Waals surface area contributed by atoms with Gasteiger partial charge in [-0.25, -0.2) is 0 Å². The molecule has 0 fully saturated rings. The summed E-state index contributed by atoms with van der Waals surface area (Å²) in [5.74, 6) is 2.37. The van der Waals surface area contributed by atoms with Crippen molar-refractivity contribution in [3.63, 3.8) is 0 Å². The molecule has 0 aromatic carbocycles. The van der Waals surface area contributed by atoms with E-state index in [4.69, 9.17) is 5.21 Å². The first-order chi connectivity index (χ1) is 6.49. The Morgan fingerprint density at radius 2 is 1.79 bits per heavy atom. The molecular formula is C10H19NO2S. The van der Waals surface area contributed by atoms with Crippen molar-refractivity contribution in [2.24, 2.45) is 17.0 Å². The quantitative estimate of drug-likeness (QED) is 0.422. The molecule has 0 bridgehead atoms. The van der Waals surface area contributed by atoms with Crippen LogP contribution in [0.15, 0.2) is 5.16 Å². The van der Waals surface area contributed by atoms with Crippen LogP contribution in [-0.4, -0.2) is 28.2 Å². The van der Waals surface area contributed by atoms with Crippen LogP contribution in [0.2, 0.25) is 0 Å². The Labute approximate surface area is 90.0 Å². The molecule has 0 saturated heterocycles. The van der Waals surface area contributed by atoms with Gasteiger partial charge in [0, 0.05) is 23.3 Å². The number of Topliss-reactive ketones (excluding diaryl/α,β-unsaturated/α-hetero) is 1. The Kier molecular flexibility index (Phi) is 6.62. The minimum absolute atomic E-state index is 0.124. The fourth-order valence-electron chi connectivity index (χ4n) is 0.758. The number of carbonyl (C=O) groups is 1. The van der Waals surface area contributed by atoms with Crippen LogP contribution in [0, 0.1) is 11.8 Å². The number of thioether (sulfide) groups is 1. The second kappa shape index (κ2) is 6.87. The van der Waals surface area contributed by atoms with Gasteiger partial charge in [-0.1, -0.05) is 19.0 Å². The molecule has 0 saturated carbocycles. The van der Waals surface area contributed by atoms with E-state index in [1.54, 1.807) is 25.6 Å². The largest absolute Gasteiger partial charge is 0.411 e. The summed E-state index contributed by atoms with van der Waals surface area (Å²) in [4.78, 5) is 10.9. The van der Waals surface area contributed by atoms with Gasteiger partial charge in [0.2, 0.25) is 0 Å². The van der Waals surface area contributed by atoms with Crippen molar-refractivity contribution in [2.75, 3.05) is 11.5 Å². The van der Waals surface area contributed by atoms with Gasteiger partial charge in [-0.05, 0) is 13.8 Å². The molecule has 82 valence electrons. The summed E-state index contributed by atoms with van der Waals surface area (Å²) in [5, 5.41) is 11.7. The molecule has 0 aliphatic rings. The van der Waals surface area contributed by atoms with E-state index in [2.05, 4.69) is 5.16 Å². The maximum Gasteiger partial charge on any atom is 0.133 e. The third-order valence-corrected chi connectivity index (χ3v) is 3.77. The molecule has 0 aromatic rings. The molecule has 3 nitrogen and oxygen atoms in total. The van der Waals surface area contributed by atoms with Crippen LogP contribution < -0.4 is 0 Å². The zero-order valence-electron chi connectivity index (χ0n) is 9.28. The fraction of sp³-hybridized carbons (Fsp3) is 0.800. The number of nitrogens with zero attached hydrogens (tertiary/aromatic N) is 1. The van der Waals surface area contributed by atoms with Crippen molar-refractivity contribution >= 4 is 23.3 Å². The Bertz CT molecular complexity index is 216. The standard InChI is InChI=1S/C10H19NO2S/c1-7(9(3)11-13)5-14-6-8(2)10(4)12/h7-8,13H,5-6H2,1-4H3. The van der Waals surface area contributed by atoms with Crippen LogP contribution in [0.5, 0.6) is 0 Å². The first-order valence-electron chi connectivity index (χ1n) is 4.75. The van der Waals surface area contributed by atoms with Gasteiger partial charge >= 0.3 is 0 Å². The van der Waals surface area contributed by atoms with E-state index < -0.39 is 0 Å². The summed E-state index contributed by atoms with van der Waals surface area (Å²) < 4.78 is 0. The molecule has 0 spiro atoms. The Hall–Kier alpha value is -0.510. The molecule has 0 amide bonds. The normalized spacial score (nSPS) is 16.4. The van der Waals surface area contributed by atoms with E-state index in [0.717, 1.165) is 17.2 Å². The average Bonchev–Trinajstić information content (AvgIpc) is 2.15. The summed E-state index contributed by atoms with van der Waals surface area (Å²) in [6.45, 7) is 7.38. The lowest BCUT2D eigenvalue weighted by Crippen LogP contribution is -2.13. The summed E-state index contributed by atoms with van der Waals surface area (Å²) in [7, 11) is 0. The first kappa shape index (κ1) is 13.5. The molecule has 2 unspecified atom stereocenters. The highest BCUT2D eigenvalue weighted by Crippen LogP contribution is 2.14. The predicted octanol–water partition coefficient (Wildman–Crippen LogP) is 2.43. The highest BCUT2D eigenvalue weighted by molar-refractivity contribution is 7.99. The van der Waals surface area contributed by atoms with Crippen LogP contribution in [0.4, 0.5) is 0 Å². The number of oxime groups is 1. The minimum atomic E-state index is 0.124.